The van der Waals surface area contributed by atoms with E-state index < -0.39 is 0 Å². The van der Waals surface area contributed by atoms with Crippen molar-refractivity contribution >= 4 is 23.2 Å². The van der Waals surface area contributed by atoms with Crippen LogP contribution in [0.1, 0.15) is 0 Å². The van der Waals surface area contributed by atoms with Crippen LogP contribution in [0.15, 0.2) is 47.2 Å². The molecule has 3 aromatic rings. The van der Waals surface area contributed by atoms with Crippen LogP contribution in [0, 0.1) is 0 Å². The van der Waals surface area contributed by atoms with Crippen molar-refractivity contribution in [2.24, 2.45) is 0 Å². The molecule has 0 amide bonds. The molecule has 0 saturated heterocycles. The molecule has 0 bridgehead atoms. The average Bonchev–Trinajstić information content (AvgIpc) is 2.78. The second kappa shape index (κ2) is 4.02. The number of nitrogens with two attached hydrogens (primary N) is 1. The summed E-state index contributed by atoms with van der Waals surface area (Å²) in [6, 6.07) is 1.77. The van der Waals surface area contributed by atoms with E-state index in [0.29, 0.717) is 16.0 Å². The fourth-order valence-electron chi connectivity index (χ4n) is 1.41. The first kappa shape index (κ1) is 10.0. The van der Waals surface area contributed by atoms with Gasteiger partial charge in [-0.05, 0) is 17.8 Å². The van der Waals surface area contributed by atoms with Gasteiger partial charge in [0.25, 0.3) is 0 Å². The number of imidazole rings is 1. The largest absolute Gasteiger partial charge is 0.382 e. The molecule has 3 rings (SSSR count). The van der Waals surface area contributed by atoms with Crippen molar-refractivity contribution in [2.75, 3.05) is 5.73 Å². The minimum atomic E-state index is 0.439. The van der Waals surface area contributed by atoms with E-state index in [9.17, 15) is 0 Å². The SMILES string of the molecule is Nc1cn2ccnc2c(Sc2ncccn2)n1. The zero-order chi connectivity index (χ0) is 11.7. The smallest absolute Gasteiger partial charge is 0.193 e. The van der Waals surface area contributed by atoms with E-state index in [1.807, 2.05) is 10.6 Å². The molecule has 0 radical (unpaired) electrons. The Morgan fingerprint density at radius 3 is 2.76 bits per heavy atom. The summed E-state index contributed by atoms with van der Waals surface area (Å²) >= 11 is 1.34. The van der Waals surface area contributed by atoms with Crippen molar-refractivity contribution in [3.05, 3.63) is 37.1 Å². The quantitative estimate of drug-likeness (QED) is 0.683. The normalized spacial score (nSPS) is 10.8. The Morgan fingerprint density at radius 2 is 1.94 bits per heavy atom. The summed E-state index contributed by atoms with van der Waals surface area (Å²) in [4.78, 5) is 16.7. The van der Waals surface area contributed by atoms with Crippen LogP contribution in [0.25, 0.3) is 5.65 Å². The van der Waals surface area contributed by atoms with Gasteiger partial charge in [-0.15, -0.1) is 0 Å². The monoisotopic (exact) mass is 244 g/mol. The highest BCUT2D eigenvalue weighted by Crippen LogP contribution is 2.26. The van der Waals surface area contributed by atoms with Crippen molar-refractivity contribution in [1.29, 1.82) is 0 Å². The fourth-order valence-corrected chi connectivity index (χ4v) is 2.22. The maximum absolute atomic E-state index is 5.72. The van der Waals surface area contributed by atoms with Crippen LogP contribution in [0.5, 0.6) is 0 Å². The van der Waals surface area contributed by atoms with Gasteiger partial charge in [-0.3, -0.25) is 0 Å². The van der Waals surface area contributed by atoms with Gasteiger partial charge in [0.05, 0.1) is 6.20 Å². The molecule has 0 aliphatic heterocycles. The summed E-state index contributed by atoms with van der Waals surface area (Å²) in [6.07, 6.45) is 8.61. The Hall–Kier alpha value is -2.15. The summed E-state index contributed by atoms with van der Waals surface area (Å²) in [5.41, 5.74) is 6.47. The fraction of sp³-hybridized carbons (Fsp3) is 0. The molecule has 0 unspecified atom stereocenters. The Bertz CT molecular complexity index is 650. The minimum Gasteiger partial charge on any atom is -0.382 e. The topological polar surface area (TPSA) is 82.0 Å². The van der Waals surface area contributed by atoms with Crippen molar-refractivity contribution < 1.29 is 0 Å². The van der Waals surface area contributed by atoms with Crippen LogP contribution in [0.3, 0.4) is 0 Å². The van der Waals surface area contributed by atoms with Gasteiger partial charge in [0.15, 0.2) is 10.8 Å². The van der Waals surface area contributed by atoms with Gasteiger partial charge in [0.2, 0.25) is 0 Å². The maximum atomic E-state index is 5.72. The Balaban J connectivity index is 2.08. The molecule has 0 aliphatic rings. The van der Waals surface area contributed by atoms with E-state index in [0.717, 1.165) is 5.65 Å². The Labute approximate surface area is 101 Å². The molecule has 0 atom stereocenters. The molecule has 0 aliphatic carbocycles. The predicted molar refractivity (Wildman–Crippen MR) is 63.6 cm³/mol. The first-order chi connectivity index (χ1) is 8.33. The predicted octanol–water partition coefficient (Wildman–Crippen LogP) is 1.25. The number of fused-ring (bicyclic) bond motifs is 1. The highest BCUT2D eigenvalue weighted by atomic mass is 32.2. The van der Waals surface area contributed by atoms with Gasteiger partial charge in [-0.25, -0.2) is 19.9 Å². The molecule has 0 spiro atoms. The molecule has 84 valence electrons. The first-order valence-corrected chi connectivity index (χ1v) is 5.68. The summed E-state index contributed by atoms with van der Waals surface area (Å²) in [6.45, 7) is 0. The second-order valence-electron chi connectivity index (χ2n) is 3.26. The van der Waals surface area contributed by atoms with E-state index in [-0.39, 0.29) is 0 Å². The number of rotatable bonds is 2. The van der Waals surface area contributed by atoms with Crippen LogP contribution >= 0.6 is 11.8 Å². The molecule has 0 fully saturated rings. The minimum absolute atomic E-state index is 0.439. The molecule has 6 nitrogen and oxygen atoms in total. The van der Waals surface area contributed by atoms with Crippen LogP contribution in [0.4, 0.5) is 5.82 Å². The van der Waals surface area contributed by atoms with E-state index in [1.54, 1.807) is 30.9 Å². The summed E-state index contributed by atoms with van der Waals surface area (Å²) in [5.74, 6) is 0.439. The number of aromatic nitrogens is 5. The highest BCUT2D eigenvalue weighted by Gasteiger charge is 2.09. The molecular formula is C10H8N6S. The Kier molecular flexibility index (Phi) is 2.37. The van der Waals surface area contributed by atoms with Crippen LogP contribution in [-0.2, 0) is 0 Å². The van der Waals surface area contributed by atoms with Crippen molar-refractivity contribution in [1.82, 2.24) is 24.3 Å². The van der Waals surface area contributed by atoms with Crippen LogP contribution < -0.4 is 5.73 Å². The average molecular weight is 244 g/mol. The Morgan fingerprint density at radius 1 is 1.12 bits per heavy atom. The summed E-state index contributed by atoms with van der Waals surface area (Å²) < 4.78 is 1.83. The number of nitrogens with zero attached hydrogens (tertiary/aromatic N) is 5. The first-order valence-electron chi connectivity index (χ1n) is 4.87. The third kappa shape index (κ3) is 1.92. The lowest BCUT2D eigenvalue weighted by Gasteiger charge is -2.02. The zero-order valence-corrected chi connectivity index (χ0v) is 9.50. The molecule has 7 heteroatoms. The zero-order valence-electron chi connectivity index (χ0n) is 8.69. The molecule has 3 aromatic heterocycles. The lowest BCUT2D eigenvalue weighted by Crippen LogP contribution is -1.97. The van der Waals surface area contributed by atoms with Gasteiger partial charge in [-0.2, -0.15) is 0 Å². The van der Waals surface area contributed by atoms with Gasteiger partial charge >= 0.3 is 0 Å². The van der Waals surface area contributed by atoms with Gasteiger partial charge < -0.3 is 10.1 Å². The summed E-state index contributed by atoms with van der Waals surface area (Å²) in [5, 5.41) is 1.32. The summed E-state index contributed by atoms with van der Waals surface area (Å²) in [7, 11) is 0. The van der Waals surface area contributed by atoms with E-state index in [4.69, 9.17) is 5.73 Å². The number of hydrogen-bond acceptors (Lipinski definition) is 6. The molecule has 0 aromatic carbocycles. The van der Waals surface area contributed by atoms with E-state index in [1.165, 1.54) is 11.8 Å². The molecule has 3 heterocycles. The molecule has 0 saturated carbocycles. The third-order valence-corrected chi connectivity index (χ3v) is 2.95. The third-order valence-electron chi connectivity index (χ3n) is 2.09. The maximum Gasteiger partial charge on any atom is 0.193 e. The molecule has 2 N–H and O–H groups in total. The molecule has 17 heavy (non-hydrogen) atoms. The van der Waals surface area contributed by atoms with Gasteiger partial charge in [0.1, 0.15) is 10.8 Å². The number of hydrogen-bond donors (Lipinski definition) is 1. The van der Waals surface area contributed by atoms with E-state index >= 15 is 0 Å². The lowest BCUT2D eigenvalue weighted by atomic mass is 10.6. The van der Waals surface area contributed by atoms with Crippen LogP contribution in [0.2, 0.25) is 0 Å². The second-order valence-corrected chi connectivity index (χ2v) is 4.22. The van der Waals surface area contributed by atoms with Gasteiger partial charge in [-0.1, -0.05) is 0 Å². The van der Waals surface area contributed by atoms with Gasteiger partial charge in [0, 0.05) is 24.8 Å². The lowest BCUT2D eigenvalue weighted by molar-refractivity contribution is 0.956. The highest BCUT2D eigenvalue weighted by molar-refractivity contribution is 7.99. The standard InChI is InChI=1S/C10H8N6S/c11-7-6-16-5-4-12-8(16)9(15-7)17-10-13-2-1-3-14-10/h1-6H,11H2. The van der Waals surface area contributed by atoms with Crippen molar-refractivity contribution in [3.63, 3.8) is 0 Å². The molecular weight excluding hydrogens is 236 g/mol. The van der Waals surface area contributed by atoms with E-state index in [2.05, 4.69) is 19.9 Å². The van der Waals surface area contributed by atoms with Crippen LogP contribution in [-0.4, -0.2) is 24.3 Å². The number of anilines is 1. The van der Waals surface area contributed by atoms with Crippen molar-refractivity contribution in [2.45, 2.75) is 10.2 Å². The van der Waals surface area contributed by atoms with Crippen molar-refractivity contribution in [3.8, 4) is 0 Å². The number of nitrogen functional groups attached to an aromatic ring is 1.